The highest BCUT2D eigenvalue weighted by molar-refractivity contribution is 5.30. The average molecular weight is 248 g/mol. The fourth-order valence-electron chi connectivity index (χ4n) is 1.43. The molecule has 0 amide bonds. The molecule has 1 aromatic rings. The standard InChI is InChI=1S/C11H15F3N2O/c1-17-9-4-2-3-8(5-9)10(6-15)16-7-11(12,13)14/h2-5,10,16H,6-7,15H2,1H3. The Labute approximate surface area is 97.8 Å². The SMILES string of the molecule is COc1cccc(C(CN)NCC(F)(F)F)c1. The molecule has 1 aromatic carbocycles. The molecule has 0 saturated carbocycles. The molecule has 3 nitrogen and oxygen atoms in total. The first kappa shape index (κ1) is 13.8. The molecular weight excluding hydrogens is 233 g/mol. The Morgan fingerprint density at radius 1 is 1.41 bits per heavy atom. The van der Waals surface area contributed by atoms with Crippen LogP contribution in [0.3, 0.4) is 0 Å². The largest absolute Gasteiger partial charge is 0.497 e. The number of benzene rings is 1. The van der Waals surface area contributed by atoms with Gasteiger partial charge in [0.1, 0.15) is 5.75 Å². The molecular formula is C11H15F3N2O. The van der Waals surface area contributed by atoms with Gasteiger partial charge < -0.3 is 15.8 Å². The lowest BCUT2D eigenvalue weighted by molar-refractivity contribution is -0.126. The topological polar surface area (TPSA) is 47.3 Å². The first-order chi connectivity index (χ1) is 7.96. The molecule has 0 aromatic heterocycles. The van der Waals surface area contributed by atoms with E-state index >= 15 is 0 Å². The summed E-state index contributed by atoms with van der Waals surface area (Å²) < 4.78 is 41.3. The molecule has 0 aliphatic carbocycles. The zero-order valence-electron chi connectivity index (χ0n) is 9.42. The molecule has 17 heavy (non-hydrogen) atoms. The maximum absolute atomic E-state index is 12.1. The van der Waals surface area contributed by atoms with Gasteiger partial charge in [0.25, 0.3) is 0 Å². The van der Waals surface area contributed by atoms with Crippen molar-refractivity contribution in [2.75, 3.05) is 20.2 Å². The fourth-order valence-corrected chi connectivity index (χ4v) is 1.43. The molecule has 0 spiro atoms. The van der Waals surface area contributed by atoms with E-state index in [-0.39, 0.29) is 6.54 Å². The smallest absolute Gasteiger partial charge is 0.401 e. The number of halogens is 3. The number of hydrogen-bond acceptors (Lipinski definition) is 3. The lowest BCUT2D eigenvalue weighted by atomic mass is 10.1. The van der Waals surface area contributed by atoms with Crippen molar-refractivity contribution < 1.29 is 17.9 Å². The van der Waals surface area contributed by atoms with Crippen LogP contribution in [-0.2, 0) is 0 Å². The van der Waals surface area contributed by atoms with Gasteiger partial charge >= 0.3 is 6.18 Å². The molecule has 0 aliphatic heterocycles. The third-order valence-electron chi connectivity index (χ3n) is 2.28. The van der Waals surface area contributed by atoms with E-state index in [1.807, 2.05) is 0 Å². The molecule has 3 N–H and O–H groups in total. The molecule has 0 saturated heterocycles. The maximum Gasteiger partial charge on any atom is 0.401 e. The zero-order chi connectivity index (χ0) is 12.9. The summed E-state index contributed by atoms with van der Waals surface area (Å²) in [5.74, 6) is 0.592. The average Bonchev–Trinajstić information content (AvgIpc) is 2.29. The second-order valence-corrected chi connectivity index (χ2v) is 3.56. The van der Waals surface area contributed by atoms with Gasteiger partial charge in [0.05, 0.1) is 13.7 Å². The second-order valence-electron chi connectivity index (χ2n) is 3.56. The van der Waals surface area contributed by atoms with Gasteiger partial charge in [-0.2, -0.15) is 13.2 Å². The summed E-state index contributed by atoms with van der Waals surface area (Å²) in [5.41, 5.74) is 6.13. The third-order valence-corrected chi connectivity index (χ3v) is 2.28. The number of nitrogens with two attached hydrogens (primary N) is 1. The Bertz CT molecular complexity index is 355. The van der Waals surface area contributed by atoms with E-state index in [0.717, 1.165) is 0 Å². The highest BCUT2D eigenvalue weighted by Gasteiger charge is 2.28. The highest BCUT2D eigenvalue weighted by Crippen LogP contribution is 2.20. The molecule has 6 heteroatoms. The Morgan fingerprint density at radius 2 is 2.12 bits per heavy atom. The first-order valence-corrected chi connectivity index (χ1v) is 5.10. The van der Waals surface area contributed by atoms with Gasteiger partial charge in [-0.15, -0.1) is 0 Å². The molecule has 1 atom stereocenters. The molecule has 0 heterocycles. The molecule has 1 unspecified atom stereocenters. The van der Waals surface area contributed by atoms with Crippen LogP contribution in [0.1, 0.15) is 11.6 Å². The summed E-state index contributed by atoms with van der Waals surface area (Å²) in [6, 6.07) is 6.28. The Morgan fingerprint density at radius 3 is 2.65 bits per heavy atom. The summed E-state index contributed by atoms with van der Waals surface area (Å²) in [7, 11) is 1.50. The number of methoxy groups -OCH3 is 1. The van der Waals surface area contributed by atoms with Crippen molar-refractivity contribution in [3.05, 3.63) is 29.8 Å². The van der Waals surface area contributed by atoms with E-state index in [4.69, 9.17) is 10.5 Å². The highest BCUT2D eigenvalue weighted by atomic mass is 19.4. The summed E-state index contributed by atoms with van der Waals surface area (Å²) in [6.07, 6.45) is -4.24. The number of hydrogen-bond donors (Lipinski definition) is 2. The molecule has 0 radical (unpaired) electrons. The third kappa shape index (κ3) is 4.62. The van der Waals surface area contributed by atoms with Crippen LogP contribution in [0.25, 0.3) is 0 Å². The van der Waals surface area contributed by atoms with Crippen LogP contribution in [0, 0.1) is 0 Å². The van der Waals surface area contributed by atoms with Gasteiger partial charge in [-0.25, -0.2) is 0 Å². The lowest BCUT2D eigenvalue weighted by Crippen LogP contribution is -2.35. The van der Waals surface area contributed by atoms with E-state index in [1.54, 1.807) is 24.3 Å². The van der Waals surface area contributed by atoms with Crippen molar-refractivity contribution in [2.24, 2.45) is 5.73 Å². The Balaban J connectivity index is 2.72. The van der Waals surface area contributed by atoms with Gasteiger partial charge in [0.15, 0.2) is 0 Å². The molecule has 1 rings (SSSR count). The van der Waals surface area contributed by atoms with E-state index < -0.39 is 18.8 Å². The normalized spacial score (nSPS) is 13.5. The minimum Gasteiger partial charge on any atom is -0.497 e. The molecule has 0 aliphatic rings. The van der Waals surface area contributed by atoms with Crippen LogP contribution in [0.2, 0.25) is 0 Å². The van der Waals surface area contributed by atoms with Crippen LogP contribution >= 0.6 is 0 Å². The first-order valence-electron chi connectivity index (χ1n) is 5.10. The Hall–Kier alpha value is -1.27. The summed E-state index contributed by atoms with van der Waals surface area (Å²) in [5, 5.41) is 2.37. The second kappa shape index (κ2) is 5.88. The summed E-state index contributed by atoms with van der Waals surface area (Å²) >= 11 is 0. The van der Waals surface area contributed by atoms with Crippen molar-refractivity contribution in [2.45, 2.75) is 12.2 Å². The van der Waals surface area contributed by atoms with Gasteiger partial charge in [-0.3, -0.25) is 0 Å². The molecule has 0 fully saturated rings. The van der Waals surface area contributed by atoms with Gasteiger partial charge in [-0.1, -0.05) is 12.1 Å². The van der Waals surface area contributed by atoms with Crippen LogP contribution < -0.4 is 15.8 Å². The van der Waals surface area contributed by atoms with E-state index in [9.17, 15) is 13.2 Å². The number of ether oxygens (including phenoxy) is 1. The summed E-state index contributed by atoms with van der Waals surface area (Å²) in [6.45, 7) is -0.977. The number of alkyl halides is 3. The zero-order valence-corrected chi connectivity index (χ0v) is 9.42. The predicted molar refractivity (Wildman–Crippen MR) is 58.8 cm³/mol. The van der Waals surface area contributed by atoms with Crippen LogP contribution in [0.4, 0.5) is 13.2 Å². The monoisotopic (exact) mass is 248 g/mol. The van der Waals surface area contributed by atoms with Crippen LogP contribution in [-0.4, -0.2) is 26.4 Å². The van der Waals surface area contributed by atoms with Crippen LogP contribution in [0.15, 0.2) is 24.3 Å². The molecule has 0 bridgehead atoms. The Kier molecular flexibility index (Phi) is 4.77. The van der Waals surface area contributed by atoms with E-state index in [0.29, 0.717) is 11.3 Å². The van der Waals surface area contributed by atoms with Crippen molar-refractivity contribution >= 4 is 0 Å². The number of rotatable bonds is 5. The number of nitrogens with one attached hydrogen (secondary N) is 1. The molecule has 96 valence electrons. The minimum absolute atomic E-state index is 0.0866. The van der Waals surface area contributed by atoms with Crippen molar-refractivity contribution in [3.8, 4) is 5.75 Å². The maximum atomic E-state index is 12.1. The van der Waals surface area contributed by atoms with E-state index in [2.05, 4.69) is 5.32 Å². The van der Waals surface area contributed by atoms with Crippen molar-refractivity contribution in [1.82, 2.24) is 5.32 Å². The van der Waals surface area contributed by atoms with Crippen molar-refractivity contribution in [3.63, 3.8) is 0 Å². The van der Waals surface area contributed by atoms with Crippen molar-refractivity contribution in [1.29, 1.82) is 0 Å². The minimum atomic E-state index is -4.24. The van der Waals surface area contributed by atoms with Gasteiger partial charge in [-0.05, 0) is 17.7 Å². The fraction of sp³-hybridized carbons (Fsp3) is 0.455. The van der Waals surface area contributed by atoms with E-state index in [1.165, 1.54) is 7.11 Å². The van der Waals surface area contributed by atoms with Gasteiger partial charge in [0.2, 0.25) is 0 Å². The quantitative estimate of drug-likeness (QED) is 0.836. The lowest BCUT2D eigenvalue weighted by Gasteiger charge is -2.19. The van der Waals surface area contributed by atoms with Gasteiger partial charge in [0, 0.05) is 12.6 Å². The predicted octanol–water partition coefficient (Wildman–Crippen LogP) is 1.85. The van der Waals surface area contributed by atoms with Crippen LogP contribution in [0.5, 0.6) is 5.75 Å². The summed E-state index contributed by atoms with van der Waals surface area (Å²) in [4.78, 5) is 0.